The number of H-pyrrole nitrogens is 1. The molecule has 3 aromatic rings. The van der Waals surface area contributed by atoms with Crippen molar-refractivity contribution in [3.8, 4) is 0 Å². The predicted molar refractivity (Wildman–Crippen MR) is 115 cm³/mol. The number of nitrogens with one attached hydrogen (secondary N) is 1. The lowest BCUT2D eigenvalue weighted by Gasteiger charge is -2.38. The van der Waals surface area contributed by atoms with Crippen LogP contribution in [-0.4, -0.2) is 52.7 Å². The van der Waals surface area contributed by atoms with Gasteiger partial charge in [0, 0.05) is 53.8 Å². The van der Waals surface area contributed by atoms with E-state index in [4.69, 9.17) is 11.6 Å². The summed E-state index contributed by atoms with van der Waals surface area (Å²) in [5.74, 6) is -0.865. The predicted octanol–water partition coefficient (Wildman–Crippen LogP) is 4.22. The number of hydrogen-bond donors (Lipinski definition) is 1. The molecular formula is C23H24ClN3O2. The number of fused-ring (bicyclic) bond motifs is 1. The Hall–Kier alpha value is -2.63. The maximum absolute atomic E-state index is 13.0. The van der Waals surface area contributed by atoms with Gasteiger partial charge in [0.05, 0.1) is 5.56 Å². The fraction of sp³-hybridized carbons (Fsp3) is 0.304. The van der Waals surface area contributed by atoms with Crippen molar-refractivity contribution in [2.45, 2.75) is 19.9 Å². The SMILES string of the molecule is Cc1[nH]c2ccccc2c1C(=O)C(=O)N1CCN(C(C)c2ccccc2Cl)CC1. The fourth-order valence-electron chi connectivity index (χ4n) is 4.14. The number of piperazine rings is 1. The minimum absolute atomic E-state index is 0.160. The molecular weight excluding hydrogens is 386 g/mol. The van der Waals surface area contributed by atoms with Crippen molar-refractivity contribution >= 4 is 34.2 Å². The van der Waals surface area contributed by atoms with Crippen LogP contribution in [0.3, 0.4) is 0 Å². The van der Waals surface area contributed by atoms with Gasteiger partial charge in [0.1, 0.15) is 0 Å². The molecule has 5 nitrogen and oxygen atoms in total. The van der Waals surface area contributed by atoms with Crippen LogP contribution in [0.25, 0.3) is 10.9 Å². The molecule has 0 saturated carbocycles. The normalized spacial score (nSPS) is 16.2. The van der Waals surface area contributed by atoms with E-state index in [1.165, 1.54) is 0 Å². The largest absolute Gasteiger partial charge is 0.358 e. The lowest BCUT2D eigenvalue weighted by Crippen LogP contribution is -2.51. The number of carbonyl (C=O) groups is 2. The van der Waals surface area contributed by atoms with Crippen molar-refractivity contribution in [1.29, 1.82) is 0 Å². The zero-order valence-corrected chi connectivity index (χ0v) is 17.4. The molecule has 4 rings (SSSR count). The highest BCUT2D eigenvalue weighted by molar-refractivity contribution is 6.45. The van der Waals surface area contributed by atoms with Crippen LogP contribution < -0.4 is 0 Å². The Morgan fingerprint density at radius 2 is 1.66 bits per heavy atom. The van der Waals surface area contributed by atoms with Crippen LogP contribution in [0.5, 0.6) is 0 Å². The van der Waals surface area contributed by atoms with Gasteiger partial charge >= 0.3 is 0 Å². The number of rotatable bonds is 4. The van der Waals surface area contributed by atoms with E-state index >= 15 is 0 Å². The van der Waals surface area contributed by atoms with E-state index in [9.17, 15) is 9.59 Å². The van der Waals surface area contributed by atoms with Crippen molar-refractivity contribution in [1.82, 2.24) is 14.8 Å². The van der Waals surface area contributed by atoms with Crippen molar-refractivity contribution in [2.24, 2.45) is 0 Å². The summed E-state index contributed by atoms with van der Waals surface area (Å²) in [5.41, 5.74) is 3.17. The first-order valence-electron chi connectivity index (χ1n) is 9.86. The van der Waals surface area contributed by atoms with Gasteiger partial charge in [0.25, 0.3) is 11.7 Å². The second-order valence-electron chi connectivity index (χ2n) is 7.53. The molecule has 1 fully saturated rings. The summed E-state index contributed by atoms with van der Waals surface area (Å²) in [6.45, 7) is 6.43. The second kappa shape index (κ2) is 8.01. The molecule has 1 amide bonds. The van der Waals surface area contributed by atoms with Crippen molar-refractivity contribution in [3.63, 3.8) is 0 Å². The van der Waals surface area contributed by atoms with Crippen LogP contribution in [0.1, 0.15) is 34.6 Å². The molecule has 2 aromatic carbocycles. The lowest BCUT2D eigenvalue weighted by molar-refractivity contribution is -0.128. The number of halogens is 1. The number of Topliss-reactive ketones (excluding diaryl/α,β-unsaturated/α-hetero) is 1. The molecule has 1 saturated heterocycles. The summed E-state index contributed by atoms with van der Waals surface area (Å²) in [6.07, 6.45) is 0. The number of amides is 1. The van der Waals surface area contributed by atoms with Gasteiger partial charge in [-0.05, 0) is 31.5 Å². The van der Waals surface area contributed by atoms with Gasteiger partial charge in [-0.25, -0.2) is 0 Å². The number of aryl methyl sites for hydroxylation is 1. The summed E-state index contributed by atoms with van der Waals surface area (Å²) in [7, 11) is 0. The number of benzene rings is 2. The van der Waals surface area contributed by atoms with E-state index < -0.39 is 11.7 Å². The van der Waals surface area contributed by atoms with E-state index in [2.05, 4.69) is 16.8 Å². The zero-order chi connectivity index (χ0) is 20.5. The summed E-state index contributed by atoms with van der Waals surface area (Å²) < 4.78 is 0. The van der Waals surface area contributed by atoms with E-state index in [-0.39, 0.29) is 6.04 Å². The second-order valence-corrected chi connectivity index (χ2v) is 7.93. The fourth-order valence-corrected chi connectivity index (χ4v) is 4.44. The molecule has 0 bridgehead atoms. The topological polar surface area (TPSA) is 56.4 Å². The first-order valence-corrected chi connectivity index (χ1v) is 10.2. The van der Waals surface area contributed by atoms with Gasteiger partial charge in [0.2, 0.25) is 0 Å². The smallest absolute Gasteiger partial charge is 0.295 e. The van der Waals surface area contributed by atoms with Gasteiger partial charge in [-0.15, -0.1) is 0 Å². The van der Waals surface area contributed by atoms with Gasteiger partial charge in [-0.3, -0.25) is 14.5 Å². The van der Waals surface area contributed by atoms with Crippen LogP contribution in [0.15, 0.2) is 48.5 Å². The van der Waals surface area contributed by atoms with Crippen LogP contribution in [0, 0.1) is 6.92 Å². The number of aromatic amines is 1. The molecule has 6 heteroatoms. The molecule has 150 valence electrons. The average Bonchev–Trinajstić information content (AvgIpc) is 3.08. The number of ketones is 1. The molecule has 1 N–H and O–H groups in total. The van der Waals surface area contributed by atoms with Crippen molar-refractivity contribution < 1.29 is 9.59 Å². The van der Waals surface area contributed by atoms with E-state index in [0.29, 0.717) is 31.7 Å². The summed E-state index contributed by atoms with van der Waals surface area (Å²) >= 11 is 6.34. The van der Waals surface area contributed by atoms with E-state index in [1.807, 2.05) is 55.5 Å². The standard InChI is InChI=1S/C23H24ClN3O2/c1-15-21(18-8-4-6-10-20(18)25-15)22(28)23(29)27-13-11-26(12-14-27)16(2)17-7-3-5-9-19(17)24/h3-10,16,25H,11-14H2,1-2H3. The first kappa shape index (κ1) is 19.7. The Kier molecular flexibility index (Phi) is 5.43. The van der Waals surface area contributed by atoms with Gasteiger partial charge in [0.15, 0.2) is 0 Å². The summed E-state index contributed by atoms with van der Waals surface area (Å²) in [6, 6.07) is 15.6. The highest BCUT2D eigenvalue weighted by atomic mass is 35.5. The van der Waals surface area contributed by atoms with Crippen LogP contribution >= 0.6 is 11.6 Å². The monoisotopic (exact) mass is 409 g/mol. The number of para-hydroxylation sites is 1. The van der Waals surface area contributed by atoms with Gasteiger partial charge < -0.3 is 9.88 Å². The van der Waals surface area contributed by atoms with E-state index in [1.54, 1.807) is 4.90 Å². The van der Waals surface area contributed by atoms with Crippen LogP contribution in [0.2, 0.25) is 5.02 Å². The average molecular weight is 410 g/mol. The molecule has 1 unspecified atom stereocenters. The molecule has 1 atom stereocenters. The van der Waals surface area contributed by atoms with E-state index in [0.717, 1.165) is 27.2 Å². The number of nitrogens with zero attached hydrogens (tertiary/aromatic N) is 2. The summed E-state index contributed by atoms with van der Waals surface area (Å²) in [5, 5.41) is 1.55. The zero-order valence-electron chi connectivity index (χ0n) is 16.6. The molecule has 0 aliphatic carbocycles. The highest BCUT2D eigenvalue weighted by Crippen LogP contribution is 2.28. The van der Waals surface area contributed by atoms with Crippen LogP contribution in [-0.2, 0) is 4.79 Å². The minimum Gasteiger partial charge on any atom is -0.358 e. The number of aromatic nitrogens is 1. The Bertz CT molecular complexity index is 1070. The third-order valence-electron chi connectivity index (χ3n) is 5.82. The molecule has 0 radical (unpaired) electrons. The Morgan fingerprint density at radius 1 is 1.00 bits per heavy atom. The first-order chi connectivity index (χ1) is 14.0. The quantitative estimate of drug-likeness (QED) is 0.518. The summed E-state index contributed by atoms with van der Waals surface area (Å²) in [4.78, 5) is 33.1. The van der Waals surface area contributed by atoms with Gasteiger partial charge in [-0.2, -0.15) is 0 Å². The Labute approximate surface area is 175 Å². The molecule has 1 aliphatic rings. The number of carbonyl (C=O) groups excluding carboxylic acids is 2. The van der Waals surface area contributed by atoms with Crippen molar-refractivity contribution in [3.05, 3.63) is 70.4 Å². The maximum atomic E-state index is 13.0. The third-order valence-corrected chi connectivity index (χ3v) is 6.16. The Balaban J connectivity index is 1.46. The molecule has 29 heavy (non-hydrogen) atoms. The third kappa shape index (κ3) is 3.68. The molecule has 1 aromatic heterocycles. The van der Waals surface area contributed by atoms with Gasteiger partial charge in [-0.1, -0.05) is 48.0 Å². The molecule has 0 spiro atoms. The number of hydrogen-bond acceptors (Lipinski definition) is 3. The van der Waals surface area contributed by atoms with Crippen LogP contribution in [0.4, 0.5) is 0 Å². The highest BCUT2D eigenvalue weighted by Gasteiger charge is 2.31. The minimum atomic E-state index is -0.437. The van der Waals surface area contributed by atoms with Crippen molar-refractivity contribution in [2.75, 3.05) is 26.2 Å². The Morgan fingerprint density at radius 3 is 2.38 bits per heavy atom. The molecule has 2 heterocycles. The molecule has 1 aliphatic heterocycles. The maximum Gasteiger partial charge on any atom is 0.295 e. The lowest BCUT2D eigenvalue weighted by atomic mass is 10.0.